The number of carboxylic acids is 1. The maximum atomic E-state index is 12.7. The van der Waals surface area contributed by atoms with E-state index in [4.69, 9.17) is 0 Å². The van der Waals surface area contributed by atoms with Gasteiger partial charge in [0.05, 0.1) is 12.2 Å². The molecule has 1 unspecified atom stereocenters. The Morgan fingerprint density at radius 2 is 2.08 bits per heavy atom. The second-order valence-corrected chi connectivity index (χ2v) is 6.85. The molecule has 0 aromatic carbocycles. The van der Waals surface area contributed by atoms with Gasteiger partial charge in [-0.3, -0.25) is 9.36 Å². The fourth-order valence-electron chi connectivity index (χ4n) is 2.29. The summed E-state index contributed by atoms with van der Waals surface area (Å²) in [7, 11) is 0. The Hall–Kier alpha value is -2.71. The van der Waals surface area contributed by atoms with Crippen LogP contribution in [0.3, 0.4) is 0 Å². The zero-order valence-electron chi connectivity index (χ0n) is 15.0. The van der Waals surface area contributed by atoms with Gasteiger partial charge in [0.2, 0.25) is 0 Å². The van der Waals surface area contributed by atoms with Crippen molar-refractivity contribution in [2.24, 2.45) is 0 Å². The van der Waals surface area contributed by atoms with Gasteiger partial charge in [-0.05, 0) is 13.3 Å². The first-order valence-corrected chi connectivity index (χ1v) is 8.03. The minimum Gasteiger partial charge on any atom is -0.480 e. The maximum Gasteiger partial charge on any atom is 0.326 e. The van der Waals surface area contributed by atoms with E-state index in [1.54, 1.807) is 13.8 Å². The molecule has 136 valence electrons. The number of hydrogen-bond donors (Lipinski definition) is 2. The number of aliphatic carboxylic acids is 1. The number of nitrogens with zero attached hydrogens (tertiary/aromatic N) is 4. The number of nitrogens with one attached hydrogen (secondary N) is 1. The van der Waals surface area contributed by atoms with Gasteiger partial charge in [0.15, 0.2) is 5.82 Å². The highest BCUT2D eigenvalue weighted by atomic mass is 16.6. The van der Waals surface area contributed by atoms with Crippen LogP contribution in [0.2, 0.25) is 0 Å². The minimum atomic E-state index is -1.06. The summed E-state index contributed by atoms with van der Waals surface area (Å²) in [5, 5.41) is 19.8. The summed E-state index contributed by atoms with van der Waals surface area (Å²) < 4.78 is 5.86. The molecule has 2 N–H and O–H groups in total. The first-order chi connectivity index (χ1) is 11.6. The van der Waals surface area contributed by atoms with Crippen LogP contribution in [0.1, 0.15) is 57.2 Å². The lowest BCUT2D eigenvalue weighted by Gasteiger charge is -2.22. The van der Waals surface area contributed by atoms with Gasteiger partial charge in [0.1, 0.15) is 17.4 Å². The molecule has 25 heavy (non-hydrogen) atoms. The van der Waals surface area contributed by atoms with Gasteiger partial charge < -0.3 is 10.4 Å². The lowest BCUT2D eigenvalue weighted by atomic mass is 9.92. The quantitative estimate of drug-likeness (QED) is 0.810. The van der Waals surface area contributed by atoms with Gasteiger partial charge in [-0.25, -0.2) is 14.4 Å². The average molecular weight is 349 g/mol. The molecule has 0 spiro atoms. The average Bonchev–Trinajstić information content (AvgIpc) is 2.92. The van der Waals surface area contributed by atoms with E-state index in [-0.39, 0.29) is 24.2 Å². The molecular weight excluding hydrogens is 326 g/mol. The molecular formula is C16H23N5O4. The summed E-state index contributed by atoms with van der Waals surface area (Å²) in [6.45, 7) is 9.50. The second kappa shape index (κ2) is 7.04. The Morgan fingerprint density at radius 3 is 2.56 bits per heavy atom. The van der Waals surface area contributed by atoms with E-state index in [0.717, 1.165) is 0 Å². The Kier molecular flexibility index (Phi) is 5.24. The monoisotopic (exact) mass is 349 g/mol. The Labute approximate surface area is 145 Å². The van der Waals surface area contributed by atoms with Crippen LogP contribution in [-0.4, -0.2) is 30.9 Å². The van der Waals surface area contributed by atoms with E-state index in [1.807, 2.05) is 20.8 Å². The topological polar surface area (TPSA) is 123 Å². The molecule has 0 aliphatic carbocycles. The van der Waals surface area contributed by atoms with Crippen LogP contribution in [0.5, 0.6) is 0 Å². The van der Waals surface area contributed by atoms with E-state index in [1.165, 1.54) is 10.8 Å². The fraction of sp³-hybridized carbons (Fsp3) is 0.562. The van der Waals surface area contributed by atoms with Gasteiger partial charge in [-0.1, -0.05) is 38.0 Å². The van der Waals surface area contributed by atoms with Crippen molar-refractivity contribution in [1.82, 2.24) is 19.9 Å². The summed E-state index contributed by atoms with van der Waals surface area (Å²) in [5.74, 6) is -0.979. The van der Waals surface area contributed by atoms with E-state index in [0.29, 0.717) is 17.1 Å². The zero-order valence-corrected chi connectivity index (χ0v) is 15.0. The molecule has 0 fully saturated rings. The molecule has 2 rings (SSSR count). The number of anilines is 1. The molecule has 2 heterocycles. The maximum absolute atomic E-state index is 12.7. The molecule has 0 bridgehead atoms. The molecule has 0 amide bonds. The number of rotatable bonds is 6. The molecule has 2 aromatic heterocycles. The van der Waals surface area contributed by atoms with Gasteiger partial charge in [-0.2, -0.15) is 0 Å². The lowest BCUT2D eigenvalue weighted by molar-refractivity contribution is -0.141. The van der Waals surface area contributed by atoms with Crippen molar-refractivity contribution in [1.29, 1.82) is 0 Å². The molecule has 0 aliphatic rings. The van der Waals surface area contributed by atoms with Gasteiger partial charge in [-0.15, -0.1) is 0 Å². The highest BCUT2D eigenvalue weighted by Gasteiger charge is 2.25. The predicted molar refractivity (Wildman–Crippen MR) is 90.5 cm³/mol. The van der Waals surface area contributed by atoms with E-state index >= 15 is 0 Å². The number of aryl methyl sites for hydroxylation is 1. The van der Waals surface area contributed by atoms with Crippen molar-refractivity contribution in [3.05, 3.63) is 33.6 Å². The molecule has 0 saturated carbocycles. The first kappa shape index (κ1) is 18.6. The third kappa shape index (κ3) is 4.04. The van der Waals surface area contributed by atoms with Crippen LogP contribution < -0.4 is 10.9 Å². The van der Waals surface area contributed by atoms with Gasteiger partial charge in [0.25, 0.3) is 5.56 Å². The normalized spacial score (nSPS) is 12.8. The van der Waals surface area contributed by atoms with Crippen LogP contribution in [0.25, 0.3) is 0 Å². The third-order valence-electron chi connectivity index (χ3n) is 3.88. The molecule has 9 heteroatoms. The van der Waals surface area contributed by atoms with Crippen molar-refractivity contribution >= 4 is 11.8 Å². The van der Waals surface area contributed by atoms with Crippen molar-refractivity contribution in [2.75, 3.05) is 5.32 Å². The molecule has 1 atom stereocenters. The van der Waals surface area contributed by atoms with Crippen molar-refractivity contribution in [3.63, 3.8) is 0 Å². The Bertz CT molecular complexity index is 819. The second-order valence-electron chi connectivity index (χ2n) is 6.85. The molecule has 9 nitrogen and oxygen atoms in total. The lowest BCUT2D eigenvalue weighted by Crippen LogP contribution is -2.34. The van der Waals surface area contributed by atoms with Crippen LogP contribution in [0.15, 0.2) is 15.6 Å². The first-order valence-electron chi connectivity index (χ1n) is 8.03. The summed E-state index contributed by atoms with van der Waals surface area (Å²) in [5.41, 5.74) is 0.935. The summed E-state index contributed by atoms with van der Waals surface area (Å²) in [6.07, 6.45) is 1.81. The van der Waals surface area contributed by atoms with E-state index < -0.39 is 17.6 Å². The number of hydrogen-bond acceptors (Lipinski definition) is 7. The standard InChI is InChI=1S/C16H23N5O4/c1-6-11(15(23)24)21-8-12(16(3,4)5)18-13(14(21)22)17-7-10-9(2)19-25-20-10/h8,11H,6-7H2,1-5H3,(H,17,18)(H,23,24). The smallest absolute Gasteiger partial charge is 0.326 e. The zero-order chi connectivity index (χ0) is 18.8. The summed E-state index contributed by atoms with van der Waals surface area (Å²) >= 11 is 0. The Balaban J connectivity index is 2.49. The summed E-state index contributed by atoms with van der Waals surface area (Å²) in [4.78, 5) is 28.6. The van der Waals surface area contributed by atoms with Crippen LogP contribution >= 0.6 is 0 Å². The molecule has 0 saturated heterocycles. The summed E-state index contributed by atoms with van der Waals surface area (Å²) in [6, 6.07) is -0.951. The van der Waals surface area contributed by atoms with Crippen molar-refractivity contribution in [2.45, 2.75) is 59.0 Å². The predicted octanol–water partition coefficient (Wildman–Crippen LogP) is 1.88. The number of carbonyl (C=O) groups is 1. The molecule has 2 aromatic rings. The minimum absolute atomic E-state index is 0.0783. The van der Waals surface area contributed by atoms with E-state index in [9.17, 15) is 14.7 Å². The van der Waals surface area contributed by atoms with Gasteiger partial charge >= 0.3 is 5.97 Å². The SMILES string of the molecule is CCC(C(=O)O)n1cc(C(C)(C)C)nc(NCc2nonc2C)c1=O. The largest absolute Gasteiger partial charge is 0.480 e. The van der Waals surface area contributed by atoms with Crippen LogP contribution in [0.4, 0.5) is 5.82 Å². The van der Waals surface area contributed by atoms with Gasteiger partial charge in [0, 0.05) is 11.6 Å². The van der Waals surface area contributed by atoms with Crippen molar-refractivity contribution < 1.29 is 14.5 Å². The van der Waals surface area contributed by atoms with Crippen molar-refractivity contribution in [3.8, 4) is 0 Å². The molecule has 0 aliphatic heterocycles. The van der Waals surface area contributed by atoms with E-state index in [2.05, 4.69) is 25.2 Å². The number of aromatic nitrogens is 4. The van der Waals surface area contributed by atoms with Crippen LogP contribution in [0, 0.1) is 6.92 Å². The fourth-order valence-corrected chi connectivity index (χ4v) is 2.29. The highest BCUT2D eigenvalue weighted by Crippen LogP contribution is 2.22. The molecule has 0 radical (unpaired) electrons. The third-order valence-corrected chi connectivity index (χ3v) is 3.88. The Morgan fingerprint density at radius 1 is 1.40 bits per heavy atom. The van der Waals surface area contributed by atoms with Crippen LogP contribution in [-0.2, 0) is 16.8 Å². The highest BCUT2D eigenvalue weighted by molar-refractivity contribution is 5.71. The number of carboxylic acid groups (broad SMARTS) is 1.